The summed E-state index contributed by atoms with van der Waals surface area (Å²) >= 11 is 0. The van der Waals surface area contributed by atoms with Gasteiger partial charge in [-0.25, -0.2) is 13.1 Å². The second kappa shape index (κ2) is 8.37. The van der Waals surface area contributed by atoms with Crippen molar-refractivity contribution < 1.29 is 13.2 Å². The molecule has 0 amide bonds. The number of nitrogens with one attached hydrogen (secondary N) is 1. The number of benzene rings is 2. The molecule has 0 radical (unpaired) electrons. The van der Waals surface area contributed by atoms with Crippen molar-refractivity contribution in [2.45, 2.75) is 38.1 Å². The SMILES string of the molecule is C=C=CCC(NS(=O)(=O)c1c(C)cc(OC)c(C)c1C)c1ccccc1. The Morgan fingerprint density at radius 3 is 2.42 bits per heavy atom. The molecule has 2 aromatic rings. The summed E-state index contributed by atoms with van der Waals surface area (Å²) in [5, 5.41) is 0. The number of hydrogen-bond acceptors (Lipinski definition) is 3. The normalized spacial score (nSPS) is 12.3. The summed E-state index contributed by atoms with van der Waals surface area (Å²) in [6.45, 7) is 9.02. The van der Waals surface area contributed by atoms with Gasteiger partial charge >= 0.3 is 0 Å². The van der Waals surface area contributed by atoms with Crippen molar-refractivity contribution >= 4 is 10.0 Å². The molecule has 0 saturated heterocycles. The first-order chi connectivity index (χ1) is 12.3. The van der Waals surface area contributed by atoms with Crippen molar-refractivity contribution in [1.29, 1.82) is 0 Å². The van der Waals surface area contributed by atoms with Crippen LogP contribution in [0.25, 0.3) is 0 Å². The van der Waals surface area contributed by atoms with Gasteiger partial charge in [0.05, 0.1) is 18.0 Å². The summed E-state index contributed by atoms with van der Waals surface area (Å²) in [4.78, 5) is 0.305. The minimum absolute atomic E-state index is 0.305. The number of sulfonamides is 1. The van der Waals surface area contributed by atoms with Crippen molar-refractivity contribution in [3.8, 4) is 5.75 Å². The minimum Gasteiger partial charge on any atom is -0.496 e. The molecule has 1 N–H and O–H groups in total. The van der Waals surface area contributed by atoms with Crippen LogP contribution < -0.4 is 9.46 Å². The van der Waals surface area contributed by atoms with Gasteiger partial charge in [-0.15, -0.1) is 5.73 Å². The molecule has 2 rings (SSSR count). The molecule has 0 heterocycles. The molecule has 0 aliphatic carbocycles. The Morgan fingerprint density at radius 1 is 1.19 bits per heavy atom. The molecule has 1 unspecified atom stereocenters. The second-order valence-corrected chi connectivity index (χ2v) is 7.85. The summed E-state index contributed by atoms with van der Waals surface area (Å²) in [7, 11) is -2.14. The van der Waals surface area contributed by atoms with Crippen LogP contribution in [0, 0.1) is 20.8 Å². The van der Waals surface area contributed by atoms with E-state index in [0.29, 0.717) is 28.2 Å². The monoisotopic (exact) mass is 371 g/mol. The zero-order chi connectivity index (χ0) is 19.3. The standard InChI is InChI=1S/C21H25NO3S/c1-6-7-13-19(18-11-9-8-10-12-18)22-26(23,24)21-15(2)14-20(25-5)16(3)17(21)4/h7-12,14,19,22H,1,13H2,2-5H3. The van der Waals surface area contributed by atoms with E-state index >= 15 is 0 Å². The fourth-order valence-electron chi connectivity index (χ4n) is 3.03. The van der Waals surface area contributed by atoms with Crippen LogP contribution in [0.4, 0.5) is 0 Å². The van der Waals surface area contributed by atoms with Crippen LogP contribution in [0.2, 0.25) is 0 Å². The fraction of sp³-hybridized carbons (Fsp3) is 0.286. The maximum Gasteiger partial charge on any atom is 0.241 e. The fourth-order valence-corrected chi connectivity index (χ4v) is 4.80. The highest BCUT2D eigenvalue weighted by Gasteiger charge is 2.26. The molecular formula is C21H25NO3S. The number of hydrogen-bond donors (Lipinski definition) is 1. The number of rotatable bonds is 7. The largest absolute Gasteiger partial charge is 0.496 e. The van der Waals surface area contributed by atoms with E-state index in [1.54, 1.807) is 33.1 Å². The maximum atomic E-state index is 13.2. The Balaban J connectivity index is 2.49. The van der Waals surface area contributed by atoms with Gasteiger partial charge in [0.1, 0.15) is 5.75 Å². The maximum absolute atomic E-state index is 13.2. The lowest BCUT2D eigenvalue weighted by molar-refractivity contribution is 0.410. The van der Waals surface area contributed by atoms with E-state index in [4.69, 9.17) is 4.74 Å². The van der Waals surface area contributed by atoms with E-state index in [0.717, 1.165) is 11.1 Å². The third-order valence-corrected chi connectivity index (χ3v) is 6.22. The van der Waals surface area contributed by atoms with E-state index < -0.39 is 16.1 Å². The zero-order valence-corrected chi connectivity index (χ0v) is 16.5. The van der Waals surface area contributed by atoms with Gasteiger partial charge in [-0.05, 0) is 61.6 Å². The molecule has 0 aliphatic rings. The first-order valence-corrected chi connectivity index (χ1v) is 9.86. The van der Waals surface area contributed by atoms with Gasteiger partial charge in [0.15, 0.2) is 0 Å². The van der Waals surface area contributed by atoms with Crippen molar-refractivity contribution in [3.63, 3.8) is 0 Å². The Bertz CT molecular complexity index is 927. The van der Waals surface area contributed by atoms with Gasteiger partial charge < -0.3 is 4.74 Å². The average molecular weight is 372 g/mol. The van der Waals surface area contributed by atoms with Crippen molar-refractivity contribution in [2.75, 3.05) is 7.11 Å². The van der Waals surface area contributed by atoms with Crippen LogP contribution in [0.1, 0.15) is 34.7 Å². The van der Waals surface area contributed by atoms with Crippen LogP contribution in [-0.4, -0.2) is 15.5 Å². The number of ether oxygens (including phenoxy) is 1. The highest BCUT2D eigenvalue weighted by Crippen LogP contribution is 2.31. The highest BCUT2D eigenvalue weighted by atomic mass is 32.2. The summed E-state index contributed by atoms with van der Waals surface area (Å²) < 4.78 is 34.5. The molecule has 4 nitrogen and oxygen atoms in total. The summed E-state index contributed by atoms with van der Waals surface area (Å²) in [5.74, 6) is 0.688. The molecular weight excluding hydrogens is 346 g/mol. The molecule has 0 aliphatic heterocycles. The van der Waals surface area contributed by atoms with Crippen LogP contribution in [-0.2, 0) is 10.0 Å². The van der Waals surface area contributed by atoms with Crippen molar-refractivity contribution in [1.82, 2.24) is 4.72 Å². The van der Waals surface area contributed by atoms with Crippen LogP contribution in [0.3, 0.4) is 0 Å². The van der Waals surface area contributed by atoms with Crippen LogP contribution in [0.5, 0.6) is 5.75 Å². The molecule has 0 aromatic heterocycles. The van der Waals surface area contributed by atoms with E-state index in [1.165, 1.54) is 0 Å². The molecule has 0 fully saturated rings. The minimum atomic E-state index is -3.72. The molecule has 2 aromatic carbocycles. The Morgan fingerprint density at radius 2 is 1.85 bits per heavy atom. The second-order valence-electron chi connectivity index (χ2n) is 6.20. The zero-order valence-electron chi connectivity index (χ0n) is 15.7. The molecule has 138 valence electrons. The average Bonchev–Trinajstić information content (AvgIpc) is 2.62. The Kier molecular flexibility index (Phi) is 6.43. The highest BCUT2D eigenvalue weighted by molar-refractivity contribution is 7.89. The Labute approximate surface area is 156 Å². The van der Waals surface area contributed by atoms with Gasteiger partial charge in [-0.3, -0.25) is 0 Å². The van der Waals surface area contributed by atoms with E-state index in [1.807, 2.05) is 37.3 Å². The first-order valence-electron chi connectivity index (χ1n) is 8.38. The smallest absolute Gasteiger partial charge is 0.241 e. The lowest BCUT2D eigenvalue weighted by atomic mass is 10.1. The molecule has 1 atom stereocenters. The third kappa shape index (κ3) is 4.25. The summed E-state index contributed by atoms with van der Waals surface area (Å²) in [6, 6.07) is 10.9. The third-order valence-electron chi connectivity index (χ3n) is 4.46. The van der Waals surface area contributed by atoms with Gasteiger partial charge in [0, 0.05) is 0 Å². The number of methoxy groups -OCH3 is 1. The molecule has 26 heavy (non-hydrogen) atoms. The Hall–Kier alpha value is -2.33. The van der Waals surface area contributed by atoms with Crippen LogP contribution in [0.15, 0.2) is 59.7 Å². The lowest BCUT2D eigenvalue weighted by Crippen LogP contribution is -2.29. The van der Waals surface area contributed by atoms with Crippen molar-refractivity contribution in [2.24, 2.45) is 0 Å². The predicted octanol–water partition coefficient (Wildman–Crippen LogP) is 4.37. The topological polar surface area (TPSA) is 55.4 Å². The van der Waals surface area contributed by atoms with E-state index in [-0.39, 0.29) is 0 Å². The molecule has 0 spiro atoms. The van der Waals surface area contributed by atoms with E-state index in [9.17, 15) is 8.42 Å². The van der Waals surface area contributed by atoms with Crippen molar-refractivity contribution in [3.05, 3.63) is 77.0 Å². The molecule has 0 bridgehead atoms. The van der Waals surface area contributed by atoms with Gasteiger partial charge in [0.25, 0.3) is 0 Å². The van der Waals surface area contributed by atoms with Gasteiger partial charge in [0.2, 0.25) is 10.0 Å². The molecule has 0 saturated carbocycles. The van der Waals surface area contributed by atoms with Crippen LogP contribution >= 0.6 is 0 Å². The van der Waals surface area contributed by atoms with Gasteiger partial charge in [-0.2, -0.15) is 0 Å². The lowest BCUT2D eigenvalue weighted by Gasteiger charge is -2.21. The molecule has 5 heteroatoms. The van der Waals surface area contributed by atoms with Gasteiger partial charge in [-0.1, -0.05) is 36.9 Å². The van der Waals surface area contributed by atoms with E-state index in [2.05, 4.69) is 17.0 Å². The quantitative estimate of drug-likeness (QED) is 0.735. The summed E-state index contributed by atoms with van der Waals surface area (Å²) in [5.41, 5.74) is 5.78. The first kappa shape index (κ1) is 20.0. The number of aryl methyl sites for hydroxylation is 1. The predicted molar refractivity (Wildman–Crippen MR) is 105 cm³/mol. The summed E-state index contributed by atoms with van der Waals surface area (Å²) in [6.07, 6.45) is 2.21.